The van der Waals surface area contributed by atoms with E-state index in [4.69, 9.17) is 9.47 Å². The molecule has 0 saturated carbocycles. The van der Waals surface area contributed by atoms with Gasteiger partial charge in [0.2, 0.25) is 5.88 Å². The second-order valence-electron chi connectivity index (χ2n) is 6.78. The number of aromatic nitrogens is 1. The number of likely N-dealkylation sites (tertiary alicyclic amines) is 1. The maximum absolute atomic E-state index is 12.3. The predicted octanol–water partition coefficient (Wildman–Crippen LogP) is 3.99. The summed E-state index contributed by atoms with van der Waals surface area (Å²) < 4.78 is 40.1. The maximum atomic E-state index is 12.3. The van der Waals surface area contributed by atoms with Crippen LogP contribution in [-0.4, -0.2) is 43.0 Å². The van der Waals surface area contributed by atoms with Gasteiger partial charge in [-0.3, -0.25) is 4.90 Å². The van der Waals surface area contributed by atoms with E-state index in [1.165, 1.54) is 12.3 Å². The normalized spacial score (nSPS) is 19.8. The average Bonchev–Trinajstić information content (AvgIpc) is 2.74. The molecule has 2 heterocycles. The molecule has 156 valence electrons. The summed E-state index contributed by atoms with van der Waals surface area (Å²) in [6.45, 7) is -2.49. The number of methoxy groups -OCH3 is 2. The number of hydrogen-bond donors (Lipinski definition) is 0. The zero-order valence-corrected chi connectivity index (χ0v) is 16.4. The SMILES string of the molecule is COc1cccc(OC)c1C1CCCC(C=O)N1Cc1ccc(OC(F)F)nc1. The van der Waals surface area contributed by atoms with Crippen LogP contribution in [-0.2, 0) is 11.3 Å². The molecule has 0 radical (unpaired) electrons. The fraction of sp³-hybridized carbons (Fsp3) is 0.429. The van der Waals surface area contributed by atoms with Gasteiger partial charge >= 0.3 is 6.61 Å². The van der Waals surface area contributed by atoms with Gasteiger partial charge in [-0.05, 0) is 37.0 Å². The fourth-order valence-electron chi connectivity index (χ4n) is 3.85. The van der Waals surface area contributed by atoms with Gasteiger partial charge in [-0.25, -0.2) is 4.98 Å². The molecule has 1 aromatic carbocycles. The van der Waals surface area contributed by atoms with Crippen molar-refractivity contribution < 1.29 is 27.8 Å². The van der Waals surface area contributed by atoms with Gasteiger partial charge in [0.25, 0.3) is 0 Å². The van der Waals surface area contributed by atoms with E-state index in [1.54, 1.807) is 20.3 Å². The third kappa shape index (κ3) is 4.82. The van der Waals surface area contributed by atoms with Gasteiger partial charge in [0.05, 0.1) is 25.8 Å². The van der Waals surface area contributed by atoms with Crippen LogP contribution in [0, 0.1) is 0 Å². The molecule has 0 spiro atoms. The first-order valence-corrected chi connectivity index (χ1v) is 9.39. The van der Waals surface area contributed by atoms with Crippen molar-refractivity contribution in [2.75, 3.05) is 14.2 Å². The molecule has 0 aliphatic carbocycles. The van der Waals surface area contributed by atoms with Crippen molar-refractivity contribution in [2.24, 2.45) is 0 Å². The molecule has 6 nitrogen and oxygen atoms in total. The minimum atomic E-state index is -2.92. The number of nitrogens with zero attached hydrogens (tertiary/aromatic N) is 2. The highest BCUT2D eigenvalue weighted by atomic mass is 19.3. The molecule has 2 aromatic rings. The van der Waals surface area contributed by atoms with Gasteiger partial charge < -0.3 is 19.0 Å². The molecule has 0 amide bonds. The van der Waals surface area contributed by atoms with Crippen molar-refractivity contribution in [1.82, 2.24) is 9.88 Å². The number of benzene rings is 1. The van der Waals surface area contributed by atoms with Crippen LogP contribution in [0.15, 0.2) is 36.5 Å². The minimum Gasteiger partial charge on any atom is -0.496 e. The van der Waals surface area contributed by atoms with E-state index in [0.29, 0.717) is 18.0 Å². The highest BCUT2D eigenvalue weighted by molar-refractivity contribution is 5.58. The zero-order chi connectivity index (χ0) is 20.8. The number of rotatable bonds is 8. The Hall–Kier alpha value is -2.74. The van der Waals surface area contributed by atoms with Gasteiger partial charge in [0.15, 0.2) is 0 Å². The highest BCUT2D eigenvalue weighted by Crippen LogP contribution is 2.43. The monoisotopic (exact) mass is 406 g/mol. The molecule has 8 heteroatoms. The third-order valence-corrected chi connectivity index (χ3v) is 5.13. The number of alkyl halides is 2. The Balaban J connectivity index is 1.92. The third-order valence-electron chi connectivity index (χ3n) is 5.13. The molecule has 1 aromatic heterocycles. The fourth-order valence-corrected chi connectivity index (χ4v) is 3.85. The molecule has 1 saturated heterocycles. The summed E-state index contributed by atoms with van der Waals surface area (Å²) in [6.07, 6.45) is 4.92. The number of halogens is 2. The van der Waals surface area contributed by atoms with E-state index < -0.39 is 6.61 Å². The number of ether oxygens (including phenoxy) is 3. The zero-order valence-electron chi connectivity index (χ0n) is 16.4. The molecule has 29 heavy (non-hydrogen) atoms. The average molecular weight is 406 g/mol. The highest BCUT2D eigenvalue weighted by Gasteiger charge is 2.34. The van der Waals surface area contributed by atoms with E-state index in [2.05, 4.69) is 14.6 Å². The number of aldehydes is 1. The summed E-state index contributed by atoms with van der Waals surface area (Å²) in [5.74, 6) is 1.26. The minimum absolute atomic E-state index is 0.0953. The second-order valence-corrected chi connectivity index (χ2v) is 6.78. The lowest BCUT2D eigenvalue weighted by molar-refractivity contribution is -0.115. The van der Waals surface area contributed by atoms with Crippen LogP contribution in [0.25, 0.3) is 0 Å². The molecular weight excluding hydrogens is 382 g/mol. The Morgan fingerprint density at radius 1 is 1.17 bits per heavy atom. The first-order chi connectivity index (χ1) is 14.1. The summed E-state index contributed by atoms with van der Waals surface area (Å²) in [5.41, 5.74) is 1.69. The molecule has 0 N–H and O–H groups in total. The van der Waals surface area contributed by atoms with E-state index in [0.717, 1.165) is 36.7 Å². The van der Waals surface area contributed by atoms with Crippen LogP contribution in [0.4, 0.5) is 8.78 Å². The van der Waals surface area contributed by atoms with Gasteiger partial charge in [0, 0.05) is 24.8 Å². The van der Waals surface area contributed by atoms with Crippen molar-refractivity contribution >= 4 is 6.29 Å². The van der Waals surface area contributed by atoms with Gasteiger partial charge in [-0.15, -0.1) is 0 Å². The number of piperidine rings is 1. The number of carbonyl (C=O) groups is 1. The van der Waals surface area contributed by atoms with Gasteiger partial charge in [0.1, 0.15) is 17.8 Å². The van der Waals surface area contributed by atoms with Crippen molar-refractivity contribution in [3.05, 3.63) is 47.7 Å². The molecule has 1 aliphatic rings. The van der Waals surface area contributed by atoms with Crippen LogP contribution in [0.2, 0.25) is 0 Å². The Kier molecular flexibility index (Phi) is 6.98. The Bertz CT molecular complexity index is 795. The lowest BCUT2D eigenvalue weighted by atomic mass is 9.89. The first-order valence-electron chi connectivity index (χ1n) is 9.39. The lowest BCUT2D eigenvalue weighted by Crippen LogP contribution is -2.42. The van der Waals surface area contributed by atoms with E-state index in [9.17, 15) is 13.6 Å². The maximum Gasteiger partial charge on any atom is 0.388 e. The molecule has 2 unspecified atom stereocenters. The topological polar surface area (TPSA) is 60.9 Å². The van der Waals surface area contributed by atoms with Crippen LogP contribution in [0.3, 0.4) is 0 Å². The summed E-state index contributed by atoms with van der Waals surface area (Å²) in [6, 6.07) is 8.31. The van der Waals surface area contributed by atoms with Crippen LogP contribution in [0.1, 0.15) is 36.4 Å². The molecule has 2 atom stereocenters. The number of hydrogen-bond acceptors (Lipinski definition) is 6. The van der Waals surface area contributed by atoms with Crippen molar-refractivity contribution in [3.63, 3.8) is 0 Å². The van der Waals surface area contributed by atoms with Crippen LogP contribution < -0.4 is 14.2 Å². The number of carbonyl (C=O) groups excluding carboxylic acids is 1. The van der Waals surface area contributed by atoms with E-state index in [1.807, 2.05) is 18.2 Å². The van der Waals surface area contributed by atoms with Gasteiger partial charge in [-0.1, -0.05) is 12.1 Å². The molecule has 0 bridgehead atoms. The predicted molar refractivity (Wildman–Crippen MR) is 102 cm³/mol. The molecule has 1 aliphatic heterocycles. The Morgan fingerprint density at radius 2 is 1.90 bits per heavy atom. The van der Waals surface area contributed by atoms with Crippen molar-refractivity contribution in [2.45, 2.75) is 44.5 Å². The molecular formula is C21H24F2N2O4. The molecule has 1 fully saturated rings. The van der Waals surface area contributed by atoms with Crippen LogP contribution >= 0.6 is 0 Å². The van der Waals surface area contributed by atoms with Crippen molar-refractivity contribution in [1.29, 1.82) is 0 Å². The second kappa shape index (κ2) is 9.65. The first kappa shape index (κ1) is 21.0. The summed E-state index contributed by atoms with van der Waals surface area (Å²) in [7, 11) is 3.21. The number of pyridine rings is 1. The lowest BCUT2D eigenvalue weighted by Gasteiger charge is -2.40. The standard InChI is InChI=1S/C21H24F2N2O4/c1-27-17-7-4-8-18(28-2)20(17)16-6-3-5-15(13-26)25(16)12-14-9-10-19(24-11-14)29-21(22)23/h4,7-11,13,15-16,21H,3,5-6,12H2,1-2H3. The van der Waals surface area contributed by atoms with E-state index in [-0.39, 0.29) is 18.0 Å². The molecule has 3 rings (SSSR count). The quantitative estimate of drug-likeness (QED) is 0.618. The van der Waals surface area contributed by atoms with Gasteiger partial charge in [-0.2, -0.15) is 8.78 Å². The summed E-state index contributed by atoms with van der Waals surface area (Å²) in [5, 5.41) is 0. The Morgan fingerprint density at radius 3 is 2.45 bits per heavy atom. The summed E-state index contributed by atoms with van der Waals surface area (Å²) >= 11 is 0. The smallest absolute Gasteiger partial charge is 0.388 e. The van der Waals surface area contributed by atoms with E-state index >= 15 is 0 Å². The Labute approximate surface area is 168 Å². The summed E-state index contributed by atoms with van der Waals surface area (Å²) in [4.78, 5) is 17.8. The largest absolute Gasteiger partial charge is 0.496 e. The van der Waals surface area contributed by atoms with Crippen LogP contribution in [0.5, 0.6) is 17.4 Å². The van der Waals surface area contributed by atoms with Crippen molar-refractivity contribution in [3.8, 4) is 17.4 Å².